The SMILES string of the molecule is [CH2]c1ccc2ccccc2c1.[Zn]. The predicted octanol–water partition coefficient (Wildman–Crippen LogP) is 3.02. The maximum atomic E-state index is 3.87. The number of rotatable bonds is 0. The quantitative estimate of drug-likeness (QED) is 0.582. The van der Waals surface area contributed by atoms with Crippen molar-refractivity contribution in [2.24, 2.45) is 0 Å². The summed E-state index contributed by atoms with van der Waals surface area (Å²) in [6, 6.07) is 14.5. The van der Waals surface area contributed by atoms with E-state index in [0.717, 1.165) is 5.56 Å². The third kappa shape index (κ3) is 1.73. The Kier molecular flexibility index (Phi) is 3.00. The summed E-state index contributed by atoms with van der Waals surface area (Å²) < 4.78 is 0. The Balaban J connectivity index is 0.000000720. The molecular formula is C11H9Zn. The number of hydrogen-bond acceptors (Lipinski definition) is 0. The van der Waals surface area contributed by atoms with Gasteiger partial charge < -0.3 is 0 Å². The van der Waals surface area contributed by atoms with Crippen molar-refractivity contribution in [1.29, 1.82) is 0 Å². The zero-order chi connectivity index (χ0) is 7.68. The summed E-state index contributed by atoms with van der Waals surface area (Å²) in [7, 11) is 0. The van der Waals surface area contributed by atoms with Crippen LogP contribution in [0, 0.1) is 6.92 Å². The molecule has 1 radical (unpaired) electrons. The summed E-state index contributed by atoms with van der Waals surface area (Å²) in [5.41, 5.74) is 1.07. The van der Waals surface area contributed by atoms with Gasteiger partial charge in [0.05, 0.1) is 0 Å². The van der Waals surface area contributed by atoms with Crippen molar-refractivity contribution < 1.29 is 19.5 Å². The van der Waals surface area contributed by atoms with Crippen LogP contribution in [0.2, 0.25) is 0 Å². The second-order valence-corrected chi connectivity index (χ2v) is 2.68. The smallest absolute Gasteiger partial charge is 0 e. The summed E-state index contributed by atoms with van der Waals surface area (Å²) in [6.45, 7) is 3.87. The van der Waals surface area contributed by atoms with E-state index in [0.29, 0.717) is 0 Å². The molecule has 0 heterocycles. The van der Waals surface area contributed by atoms with E-state index in [9.17, 15) is 0 Å². The second-order valence-electron chi connectivity index (χ2n) is 2.68. The fraction of sp³-hybridized carbons (Fsp3) is 0. The summed E-state index contributed by atoms with van der Waals surface area (Å²) in [5.74, 6) is 0. The summed E-state index contributed by atoms with van der Waals surface area (Å²) in [4.78, 5) is 0. The van der Waals surface area contributed by atoms with Crippen molar-refractivity contribution in [1.82, 2.24) is 0 Å². The van der Waals surface area contributed by atoms with Gasteiger partial charge in [-0.15, -0.1) is 0 Å². The van der Waals surface area contributed by atoms with Crippen molar-refractivity contribution in [2.45, 2.75) is 0 Å². The average Bonchev–Trinajstić information content (AvgIpc) is 2.04. The van der Waals surface area contributed by atoms with Gasteiger partial charge in [-0.05, 0) is 23.3 Å². The first-order valence-corrected chi connectivity index (χ1v) is 3.67. The van der Waals surface area contributed by atoms with E-state index in [1.54, 1.807) is 0 Å². The average molecular weight is 207 g/mol. The molecule has 0 spiro atoms. The van der Waals surface area contributed by atoms with Crippen LogP contribution in [0.3, 0.4) is 0 Å². The molecule has 0 unspecified atom stereocenters. The Labute approximate surface area is 85.4 Å². The molecule has 0 saturated carbocycles. The van der Waals surface area contributed by atoms with Crippen molar-refractivity contribution >= 4 is 10.8 Å². The molecular weight excluding hydrogens is 198 g/mol. The number of hydrogen-bond donors (Lipinski definition) is 0. The van der Waals surface area contributed by atoms with Crippen molar-refractivity contribution in [3.05, 3.63) is 55.0 Å². The summed E-state index contributed by atoms with van der Waals surface area (Å²) in [6.07, 6.45) is 0. The Hall–Kier alpha value is -0.677. The van der Waals surface area contributed by atoms with Crippen LogP contribution in [-0.2, 0) is 19.5 Å². The van der Waals surface area contributed by atoms with Gasteiger partial charge in [-0.25, -0.2) is 0 Å². The zero-order valence-corrected chi connectivity index (χ0v) is 9.92. The molecule has 0 fully saturated rings. The molecule has 0 bridgehead atoms. The van der Waals surface area contributed by atoms with E-state index < -0.39 is 0 Å². The first-order valence-electron chi connectivity index (χ1n) is 3.67. The van der Waals surface area contributed by atoms with E-state index >= 15 is 0 Å². The van der Waals surface area contributed by atoms with Gasteiger partial charge in [-0.2, -0.15) is 0 Å². The number of fused-ring (bicyclic) bond motifs is 1. The molecule has 1 heteroatoms. The van der Waals surface area contributed by atoms with Gasteiger partial charge in [0, 0.05) is 19.5 Å². The maximum Gasteiger partial charge on any atom is 0 e. The van der Waals surface area contributed by atoms with E-state index in [4.69, 9.17) is 0 Å². The van der Waals surface area contributed by atoms with Gasteiger partial charge in [0.1, 0.15) is 0 Å². The van der Waals surface area contributed by atoms with Gasteiger partial charge in [-0.1, -0.05) is 42.5 Å². The molecule has 0 aromatic heterocycles. The van der Waals surface area contributed by atoms with E-state index in [1.165, 1.54) is 10.8 Å². The Morgan fingerprint density at radius 2 is 1.50 bits per heavy atom. The van der Waals surface area contributed by atoms with Crippen LogP contribution in [0.25, 0.3) is 10.8 Å². The zero-order valence-electron chi connectivity index (χ0n) is 6.96. The van der Waals surface area contributed by atoms with Gasteiger partial charge in [0.15, 0.2) is 0 Å². The minimum absolute atomic E-state index is 0. The molecule has 0 atom stereocenters. The molecule has 0 amide bonds. The molecule has 2 aromatic rings. The fourth-order valence-electron chi connectivity index (χ4n) is 1.24. The molecule has 2 aromatic carbocycles. The monoisotopic (exact) mass is 205 g/mol. The molecule has 0 aliphatic carbocycles. The standard InChI is InChI=1S/C11H9.Zn/c1-9-6-7-10-4-2-3-5-11(10)8-9;/h2-8H,1H2;. The van der Waals surface area contributed by atoms with Gasteiger partial charge in [-0.3, -0.25) is 0 Å². The molecule has 12 heavy (non-hydrogen) atoms. The first-order chi connectivity index (χ1) is 5.36. The van der Waals surface area contributed by atoms with E-state index in [-0.39, 0.29) is 19.5 Å². The number of benzene rings is 2. The normalized spacial score (nSPS) is 9.42. The van der Waals surface area contributed by atoms with Crippen molar-refractivity contribution in [3.8, 4) is 0 Å². The molecule has 0 aliphatic heterocycles. The largest absolute Gasteiger partial charge is 0.0616 e. The molecule has 0 N–H and O–H groups in total. The van der Waals surface area contributed by atoms with Crippen LogP contribution in [-0.4, -0.2) is 0 Å². The second kappa shape index (κ2) is 3.82. The van der Waals surface area contributed by atoms with Crippen molar-refractivity contribution in [2.75, 3.05) is 0 Å². The van der Waals surface area contributed by atoms with Crippen molar-refractivity contribution in [3.63, 3.8) is 0 Å². The van der Waals surface area contributed by atoms with Crippen LogP contribution < -0.4 is 0 Å². The van der Waals surface area contributed by atoms with Gasteiger partial charge in [0.25, 0.3) is 0 Å². The van der Waals surface area contributed by atoms with Crippen LogP contribution in [0.15, 0.2) is 42.5 Å². The first kappa shape index (κ1) is 9.41. The summed E-state index contributed by atoms with van der Waals surface area (Å²) >= 11 is 0. The van der Waals surface area contributed by atoms with Gasteiger partial charge in [0.2, 0.25) is 0 Å². The van der Waals surface area contributed by atoms with Crippen LogP contribution in [0.4, 0.5) is 0 Å². The third-order valence-corrected chi connectivity index (χ3v) is 1.81. The fourth-order valence-corrected chi connectivity index (χ4v) is 1.24. The molecule has 2 rings (SSSR count). The maximum absolute atomic E-state index is 3.87. The molecule has 0 nitrogen and oxygen atoms in total. The summed E-state index contributed by atoms with van der Waals surface area (Å²) in [5, 5.41) is 2.54. The van der Waals surface area contributed by atoms with E-state index in [2.05, 4.69) is 31.2 Å². The molecule has 0 aliphatic rings. The molecule has 55 valence electrons. The minimum Gasteiger partial charge on any atom is -0.0616 e. The van der Waals surface area contributed by atoms with Crippen LogP contribution >= 0.6 is 0 Å². The predicted molar refractivity (Wildman–Crippen MR) is 48.4 cm³/mol. The third-order valence-electron chi connectivity index (χ3n) is 1.81. The Morgan fingerprint density at radius 1 is 0.833 bits per heavy atom. The van der Waals surface area contributed by atoms with E-state index in [1.807, 2.05) is 18.2 Å². The Bertz CT molecular complexity index is 379. The molecule has 0 saturated heterocycles. The van der Waals surface area contributed by atoms with Crippen LogP contribution in [0.1, 0.15) is 5.56 Å². The Morgan fingerprint density at radius 3 is 2.25 bits per heavy atom. The minimum atomic E-state index is 0. The topological polar surface area (TPSA) is 0 Å². The van der Waals surface area contributed by atoms with Crippen LogP contribution in [0.5, 0.6) is 0 Å². The van der Waals surface area contributed by atoms with Gasteiger partial charge >= 0.3 is 0 Å².